The summed E-state index contributed by atoms with van der Waals surface area (Å²) in [6.45, 7) is 2.69. The maximum Gasteiger partial charge on any atom is 0.202 e. The zero-order valence-electron chi connectivity index (χ0n) is 11.0. The second-order valence-corrected chi connectivity index (χ2v) is 4.57. The van der Waals surface area contributed by atoms with Crippen LogP contribution in [0.1, 0.15) is 11.4 Å². The van der Waals surface area contributed by atoms with Crippen molar-refractivity contribution in [2.45, 2.75) is 19.9 Å². The highest BCUT2D eigenvalue weighted by atomic mass is 15.3. The number of imidazole rings is 1. The number of pyridine rings is 1. The van der Waals surface area contributed by atoms with Gasteiger partial charge in [0, 0.05) is 31.9 Å². The van der Waals surface area contributed by atoms with Gasteiger partial charge in [0.25, 0.3) is 0 Å². The highest BCUT2D eigenvalue weighted by Gasteiger charge is 2.15. The first-order valence-corrected chi connectivity index (χ1v) is 6.22. The molecule has 3 rings (SSSR count). The fourth-order valence-electron chi connectivity index (χ4n) is 2.34. The van der Waals surface area contributed by atoms with E-state index in [1.54, 1.807) is 6.20 Å². The van der Waals surface area contributed by atoms with Crippen LogP contribution in [0.15, 0.2) is 24.4 Å². The average molecular weight is 256 g/mol. The fourth-order valence-corrected chi connectivity index (χ4v) is 2.34. The number of fused-ring (bicyclic) bond motifs is 1. The van der Waals surface area contributed by atoms with E-state index in [9.17, 15) is 0 Å². The molecule has 0 atom stereocenters. The van der Waals surface area contributed by atoms with E-state index in [-0.39, 0.29) is 0 Å². The number of aryl methyl sites for hydroxylation is 4. The Morgan fingerprint density at radius 1 is 1.32 bits per heavy atom. The van der Waals surface area contributed by atoms with E-state index in [0.717, 1.165) is 35.5 Å². The molecule has 19 heavy (non-hydrogen) atoms. The molecule has 3 heterocycles. The van der Waals surface area contributed by atoms with Crippen molar-refractivity contribution in [1.29, 1.82) is 0 Å². The molecule has 98 valence electrons. The summed E-state index contributed by atoms with van der Waals surface area (Å²) in [4.78, 5) is 8.70. The van der Waals surface area contributed by atoms with Crippen molar-refractivity contribution in [3.63, 3.8) is 0 Å². The molecule has 6 heteroatoms. The summed E-state index contributed by atoms with van der Waals surface area (Å²) in [5.74, 6) is 0.530. The van der Waals surface area contributed by atoms with Crippen molar-refractivity contribution in [1.82, 2.24) is 24.3 Å². The molecular weight excluding hydrogens is 240 g/mol. The Kier molecular flexibility index (Phi) is 2.70. The number of hydrogen-bond acceptors (Lipinski definition) is 4. The molecule has 0 amide bonds. The summed E-state index contributed by atoms with van der Waals surface area (Å²) in [6, 6.07) is 5.92. The first kappa shape index (κ1) is 11.7. The Hall–Kier alpha value is -2.37. The largest absolute Gasteiger partial charge is 0.369 e. The van der Waals surface area contributed by atoms with Crippen LogP contribution in [0.3, 0.4) is 0 Å². The summed E-state index contributed by atoms with van der Waals surface area (Å²) >= 11 is 0. The maximum atomic E-state index is 5.99. The molecule has 6 nitrogen and oxygen atoms in total. The molecule has 0 fully saturated rings. The summed E-state index contributed by atoms with van der Waals surface area (Å²) in [6.07, 6.45) is 2.62. The van der Waals surface area contributed by atoms with E-state index < -0.39 is 0 Å². The third kappa shape index (κ3) is 1.95. The molecule has 0 spiro atoms. The maximum absolute atomic E-state index is 5.99. The zero-order valence-corrected chi connectivity index (χ0v) is 11.0. The SMILES string of the molecule is Cc1nn(C)c2c1nc(N)n2CCc1ccccn1. The van der Waals surface area contributed by atoms with Gasteiger partial charge in [0.1, 0.15) is 5.52 Å². The van der Waals surface area contributed by atoms with Crippen molar-refractivity contribution in [2.75, 3.05) is 5.73 Å². The van der Waals surface area contributed by atoms with Crippen LogP contribution in [0.4, 0.5) is 5.95 Å². The molecule has 0 aliphatic heterocycles. The van der Waals surface area contributed by atoms with Crippen LogP contribution in [0.25, 0.3) is 11.2 Å². The smallest absolute Gasteiger partial charge is 0.202 e. The van der Waals surface area contributed by atoms with Crippen molar-refractivity contribution in [3.8, 4) is 0 Å². The van der Waals surface area contributed by atoms with Crippen LogP contribution in [0.2, 0.25) is 0 Å². The molecule has 0 aliphatic carbocycles. The van der Waals surface area contributed by atoms with Crippen LogP contribution in [0, 0.1) is 6.92 Å². The molecule has 2 N–H and O–H groups in total. The van der Waals surface area contributed by atoms with Crippen LogP contribution < -0.4 is 5.73 Å². The van der Waals surface area contributed by atoms with Crippen LogP contribution >= 0.6 is 0 Å². The third-order valence-corrected chi connectivity index (χ3v) is 3.24. The Morgan fingerprint density at radius 2 is 2.16 bits per heavy atom. The summed E-state index contributed by atoms with van der Waals surface area (Å²) in [7, 11) is 1.91. The van der Waals surface area contributed by atoms with Gasteiger partial charge >= 0.3 is 0 Å². The number of aromatic nitrogens is 5. The minimum absolute atomic E-state index is 0.530. The molecule has 3 aromatic heterocycles. The number of hydrogen-bond donors (Lipinski definition) is 1. The number of nitrogens with two attached hydrogens (primary N) is 1. The Labute approximate surface area is 110 Å². The highest BCUT2D eigenvalue weighted by molar-refractivity contribution is 5.77. The van der Waals surface area contributed by atoms with Gasteiger partial charge in [-0.25, -0.2) is 4.98 Å². The Balaban J connectivity index is 1.94. The first-order chi connectivity index (χ1) is 9.16. The standard InChI is InChI=1S/C13H16N6/c1-9-11-12(18(2)17-9)19(13(14)16-11)8-6-10-5-3-4-7-15-10/h3-5,7H,6,8H2,1-2H3,(H2,14,16). The Morgan fingerprint density at radius 3 is 2.89 bits per heavy atom. The molecule has 0 saturated heterocycles. The second kappa shape index (κ2) is 4.38. The monoisotopic (exact) mass is 256 g/mol. The van der Waals surface area contributed by atoms with E-state index >= 15 is 0 Å². The molecule has 0 bridgehead atoms. The summed E-state index contributed by atoms with van der Waals surface area (Å²) in [5, 5.41) is 4.37. The van der Waals surface area contributed by atoms with Crippen molar-refractivity contribution >= 4 is 17.1 Å². The van der Waals surface area contributed by atoms with Crippen LogP contribution in [-0.2, 0) is 20.0 Å². The van der Waals surface area contributed by atoms with Crippen molar-refractivity contribution in [3.05, 3.63) is 35.8 Å². The van der Waals surface area contributed by atoms with Gasteiger partial charge in [-0.15, -0.1) is 0 Å². The number of nitrogen functional groups attached to an aromatic ring is 1. The zero-order chi connectivity index (χ0) is 13.4. The molecule has 0 radical (unpaired) electrons. The molecule has 0 saturated carbocycles. The van der Waals surface area contributed by atoms with E-state index in [1.165, 1.54) is 0 Å². The van der Waals surface area contributed by atoms with E-state index in [2.05, 4.69) is 15.1 Å². The lowest BCUT2D eigenvalue weighted by Crippen LogP contribution is -2.09. The number of rotatable bonds is 3. The normalized spacial score (nSPS) is 11.3. The third-order valence-electron chi connectivity index (χ3n) is 3.24. The first-order valence-electron chi connectivity index (χ1n) is 6.22. The average Bonchev–Trinajstić information content (AvgIpc) is 2.87. The topological polar surface area (TPSA) is 74.6 Å². The predicted molar refractivity (Wildman–Crippen MR) is 73.6 cm³/mol. The van der Waals surface area contributed by atoms with Gasteiger partial charge in [-0.2, -0.15) is 5.10 Å². The summed E-state index contributed by atoms with van der Waals surface area (Å²) < 4.78 is 3.82. The minimum Gasteiger partial charge on any atom is -0.369 e. The van der Waals surface area contributed by atoms with Gasteiger partial charge in [-0.1, -0.05) is 6.07 Å². The van der Waals surface area contributed by atoms with Gasteiger partial charge in [-0.05, 0) is 19.1 Å². The molecule has 3 aromatic rings. The van der Waals surface area contributed by atoms with Gasteiger partial charge in [-0.3, -0.25) is 14.2 Å². The Bertz CT molecular complexity index is 710. The van der Waals surface area contributed by atoms with Crippen molar-refractivity contribution in [2.24, 2.45) is 7.05 Å². The lowest BCUT2D eigenvalue weighted by Gasteiger charge is -2.06. The second-order valence-electron chi connectivity index (χ2n) is 4.57. The lowest BCUT2D eigenvalue weighted by atomic mass is 10.3. The van der Waals surface area contributed by atoms with E-state index in [4.69, 9.17) is 5.73 Å². The summed E-state index contributed by atoms with van der Waals surface area (Å²) in [5.41, 5.74) is 9.78. The molecular formula is C13H16N6. The number of anilines is 1. The van der Waals surface area contributed by atoms with E-state index in [0.29, 0.717) is 5.95 Å². The molecule has 0 aliphatic rings. The quantitative estimate of drug-likeness (QED) is 0.766. The van der Waals surface area contributed by atoms with Gasteiger partial charge in [0.05, 0.1) is 5.69 Å². The van der Waals surface area contributed by atoms with Crippen LogP contribution in [-0.4, -0.2) is 24.3 Å². The molecule has 0 aromatic carbocycles. The predicted octanol–water partition coefficient (Wildman–Crippen LogP) is 1.30. The van der Waals surface area contributed by atoms with Gasteiger partial charge in [0.15, 0.2) is 5.65 Å². The fraction of sp³-hybridized carbons (Fsp3) is 0.308. The van der Waals surface area contributed by atoms with Gasteiger partial charge < -0.3 is 5.73 Å². The highest BCUT2D eigenvalue weighted by Crippen LogP contribution is 2.20. The minimum atomic E-state index is 0.530. The number of nitrogens with zero attached hydrogens (tertiary/aromatic N) is 5. The molecule has 0 unspecified atom stereocenters. The van der Waals surface area contributed by atoms with Crippen molar-refractivity contribution < 1.29 is 0 Å². The van der Waals surface area contributed by atoms with Crippen LogP contribution in [0.5, 0.6) is 0 Å². The van der Waals surface area contributed by atoms with Gasteiger partial charge in [0.2, 0.25) is 5.95 Å². The van der Waals surface area contributed by atoms with E-state index in [1.807, 2.05) is 41.4 Å². The lowest BCUT2D eigenvalue weighted by molar-refractivity contribution is 0.672.